The molecule has 19 heavy (non-hydrogen) atoms. The molecule has 0 aromatic heterocycles. The maximum absolute atomic E-state index is 11.9. The van der Waals surface area contributed by atoms with Crippen LogP contribution in [-0.2, 0) is 11.2 Å². The highest BCUT2D eigenvalue weighted by molar-refractivity contribution is 5.97. The molecule has 1 N–H and O–H groups in total. The van der Waals surface area contributed by atoms with Gasteiger partial charge in [-0.3, -0.25) is 9.59 Å². The molecule has 1 atom stereocenters. The Bertz CT molecular complexity index is 423. The number of benzene rings is 1. The number of aryl methyl sites for hydroxylation is 1. The quantitative estimate of drug-likeness (QED) is 0.766. The third-order valence-corrected chi connectivity index (χ3v) is 3.28. The van der Waals surface area contributed by atoms with Crippen molar-refractivity contribution in [3.63, 3.8) is 0 Å². The number of carbonyl (C=O) groups excluding carboxylic acids is 2. The van der Waals surface area contributed by atoms with Crippen LogP contribution in [-0.4, -0.2) is 17.7 Å². The maximum atomic E-state index is 11.9. The smallest absolute Gasteiger partial charge is 0.220 e. The van der Waals surface area contributed by atoms with Crippen molar-refractivity contribution >= 4 is 11.7 Å². The topological polar surface area (TPSA) is 46.2 Å². The van der Waals surface area contributed by atoms with Gasteiger partial charge in [0, 0.05) is 24.4 Å². The average molecular weight is 261 g/mol. The van der Waals surface area contributed by atoms with E-state index in [1.54, 1.807) is 0 Å². The van der Waals surface area contributed by atoms with Gasteiger partial charge in [0.2, 0.25) is 5.91 Å². The molecular formula is C16H23NO2. The van der Waals surface area contributed by atoms with Gasteiger partial charge in [0.05, 0.1) is 0 Å². The van der Waals surface area contributed by atoms with Crippen molar-refractivity contribution in [3.05, 3.63) is 35.4 Å². The van der Waals surface area contributed by atoms with E-state index in [9.17, 15) is 9.59 Å². The Morgan fingerprint density at radius 2 is 1.74 bits per heavy atom. The van der Waals surface area contributed by atoms with Crippen LogP contribution in [0.4, 0.5) is 0 Å². The van der Waals surface area contributed by atoms with Crippen LogP contribution in [0.2, 0.25) is 0 Å². The first-order chi connectivity index (χ1) is 9.06. The number of hydrogen-bond acceptors (Lipinski definition) is 2. The number of Topliss-reactive ketones (excluding diaryl/α,β-unsaturated/α-hetero) is 1. The van der Waals surface area contributed by atoms with E-state index < -0.39 is 0 Å². The third-order valence-electron chi connectivity index (χ3n) is 3.28. The number of rotatable bonds is 7. The van der Waals surface area contributed by atoms with E-state index in [1.165, 1.54) is 5.56 Å². The first-order valence-corrected chi connectivity index (χ1v) is 6.98. The minimum Gasteiger partial charge on any atom is -0.354 e. The molecule has 1 amide bonds. The summed E-state index contributed by atoms with van der Waals surface area (Å²) in [5.41, 5.74) is 1.90. The molecule has 3 nitrogen and oxygen atoms in total. The summed E-state index contributed by atoms with van der Waals surface area (Å²) in [6.45, 7) is 6.06. The van der Waals surface area contributed by atoms with Crippen molar-refractivity contribution in [2.24, 2.45) is 0 Å². The summed E-state index contributed by atoms with van der Waals surface area (Å²) in [4.78, 5) is 23.5. The molecular weight excluding hydrogens is 238 g/mol. The molecule has 0 saturated carbocycles. The lowest BCUT2D eigenvalue weighted by Crippen LogP contribution is -2.32. The Labute approximate surface area is 115 Å². The second kappa shape index (κ2) is 7.72. The summed E-state index contributed by atoms with van der Waals surface area (Å²) in [7, 11) is 0. The number of hydrogen-bond donors (Lipinski definition) is 1. The van der Waals surface area contributed by atoms with Crippen LogP contribution < -0.4 is 5.32 Å². The van der Waals surface area contributed by atoms with E-state index in [2.05, 4.69) is 12.2 Å². The van der Waals surface area contributed by atoms with Gasteiger partial charge in [0.15, 0.2) is 5.78 Å². The van der Waals surface area contributed by atoms with Gasteiger partial charge in [-0.1, -0.05) is 38.1 Å². The van der Waals surface area contributed by atoms with E-state index in [0.717, 1.165) is 12.8 Å². The van der Waals surface area contributed by atoms with E-state index in [4.69, 9.17) is 0 Å². The Kier molecular flexibility index (Phi) is 6.26. The van der Waals surface area contributed by atoms with Gasteiger partial charge in [0.25, 0.3) is 0 Å². The SMILES string of the molecule is CCc1ccc(C(=O)CCC(=O)NC(C)CC)cc1. The molecule has 1 unspecified atom stereocenters. The molecule has 0 saturated heterocycles. The predicted molar refractivity (Wildman–Crippen MR) is 77.3 cm³/mol. The first-order valence-electron chi connectivity index (χ1n) is 6.98. The van der Waals surface area contributed by atoms with Gasteiger partial charge < -0.3 is 5.32 Å². The van der Waals surface area contributed by atoms with Gasteiger partial charge in [-0.05, 0) is 25.3 Å². The van der Waals surface area contributed by atoms with Crippen molar-refractivity contribution < 1.29 is 9.59 Å². The second-order valence-corrected chi connectivity index (χ2v) is 4.85. The summed E-state index contributed by atoms with van der Waals surface area (Å²) < 4.78 is 0. The second-order valence-electron chi connectivity index (χ2n) is 4.85. The molecule has 0 heterocycles. The largest absolute Gasteiger partial charge is 0.354 e. The van der Waals surface area contributed by atoms with E-state index >= 15 is 0 Å². The average Bonchev–Trinajstić information content (AvgIpc) is 2.44. The van der Waals surface area contributed by atoms with Crippen molar-refractivity contribution in [2.75, 3.05) is 0 Å². The molecule has 1 aromatic rings. The lowest BCUT2D eigenvalue weighted by molar-refractivity contribution is -0.121. The molecule has 0 bridgehead atoms. The zero-order valence-corrected chi connectivity index (χ0v) is 12.0. The fourth-order valence-corrected chi connectivity index (χ4v) is 1.75. The van der Waals surface area contributed by atoms with Crippen molar-refractivity contribution in [2.45, 2.75) is 52.5 Å². The zero-order valence-electron chi connectivity index (χ0n) is 12.0. The molecule has 0 fully saturated rings. The Hall–Kier alpha value is -1.64. The highest BCUT2D eigenvalue weighted by Gasteiger charge is 2.10. The van der Waals surface area contributed by atoms with Crippen LogP contribution in [0.25, 0.3) is 0 Å². The summed E-state index contributed by atoms with van der Waals surface area (Å²) in [6, 6.07) is 7.78. The van der Waals surface area contributed by atoms with Crippen molar-refractivity contribution in [1.29, 1.82) is 0 Å². The zero-order chi connectivity index (χ0) is 14.3. The minimum absolute atomic E-state index is 0.0296. The maximum Gasteiger partial charge on any atom is 0.220 e. The van der Waals surface area contributed by atoms with Gasteiger partial charge in [-0.25, -0.2) is 0 Å². The van der Waals surface area contributed by atoms with E-state index in [0.29, 0.717) is 5.56 Å². The van der Waals surface area contributed by atoms with Crippen LogP contribution in [0.15, 0.2) is 24.3 Å². The molecule has 0 aliphatic carbocycles. The lowest BCUT2D eigenvalue weighted by atomic mass is 10.0. The molecule has 0 aliphatic rings. The summed E-state index contributed by atoms with van der Waals surface area (Å²) in [6.07, 6.45) is 2.40. The number of carbonyl (C=O) groups is 2. The summed E-state index contributed by atoms with van der Waals surface area (Å²) in [5, 5.41) is 2.86. The van der Waals surface area contributed by atoms with Gasteiger partial charge in [0.1, 0.15) is 0 Å². The van der Waals surface area contributed by atoms with Gasteiger partial charge in [-0.2, -0.15) is 0 Å². The monoisotopic (exact) mass is 261 g/mol. The third kappa shape index (κ3) is 5.25. The normalized spacial score (nSPS) is 11.9. The fraction of sp³-hybridized carbons (Fsp3) is 0.500. The summed E-state index contributed by atoms with van der Waals surface area (Å²) >= 11 is 0. The van der Waals surface area contributed by atoms with Crippen LogP contribution >= 0.6 is 0 Å². The van der Waals surface area contributed by atoms with E-state index in [-0.39, 0.29) is 30.6 Å². The standard InChI is InChI=1S/C16H23NO2/c1-4-12(3)17-16(19)11-10-15(18)14-8-6-13(5-2)7-9-14/h6-9,12H,4-5,10-11H2,1-3H3,(H,17,19). The van der Waals surface area contributed by atoms with Gasteiger partial charge in [-0.15, -0.1) is 0 Å². The Balaban J connectivity index is 2.44. The predicted octanol–water partition coefficient (Wildman–Crippen LogP) is 3.13. The number of nitrogens with one attached hydrogen (secondary N) is 1. The lowest BCUT2D eigenvalue weighted by Gasteiger charge is -2.10. The summed E-state index contributed by atoms with van der Waals surface area (Å²) in [5.74, 6) is -0.0187. The minimum atomic E-state index is -0.0483. The van der Waals surface area contributed by atoms with Crippen LogP contribution in [0.1, 0.15) is 56.0 Å². The molecule has 1 rings (SSSR count). The number of ketones is 1. The molecule has 0 spiro atoms. The highest BCUT2D eigenvalue weighted by atomic mass is 16.2. The Morgan fingerprint density at radius 1 is 1.11 bits per heavy atom. The molecule has 0 radical (unpaired) electrons. The first kappa shape index (κ1) is 15.4. The fourth-order valence-electron chi connectivity index (χ4n) is 1.75. The van der Waals surface area contributed by atoms with Crippen molar-refractivity contribution in [3.8, 4) is 0 Å². The molecule has 1 aromatic carbocycles. The van der Waals surface area contributed by atoms with Crippen LogP contribution in [0, 0.1) is 0 Å². The van der Waals surface area contributed by atoms with E-state index in [1.807, 2.05) is 38.1 Å². The Morgan fingerprint density at radius 3 is 2.26 bits per heavy atom. The van der Waals surface area contributed by atoms with Crippen molar-refractivity contribution in [1.82, 2.24) is 5.32 Å². The van der Waals surface area contributed by atoms with Crippen LogP contribution in [0.5, 0.6) is 0 Å². The molecule has 3 heteroatoms. The van der Waals surface area contributed by atoms with Crippen LogP contribution in [0.3, 0.4) is 0 Å². The number of amides is 1. The highest BCUT2D eigenvalue weighted by Crippen LogP contribution is 2.09. The molecule has 0 aliphatic heterocycles. The molecule has 104 valence electrons. The van der Waals surface area contributed by atoms with Gasteiger partial charge >= 0.3 is 0 Å².